The molecule has 0 radical (unpaired) electrons. The highest BCUT2D eigenvalue weighted by molar-refractivity contribution is 7.12. The highest BCUT2D eigenvalue weighted by Crippen LogP contribution is 2.30. The van der Waals surface area contributed by atoms with Gasteiger partial charge in [0.15, 0.2) is 0 Å². The molecule has 0 amide bonds. The van der Waals surface area contributed by atoms with Gasteiger partial charge in [0.1, 0.15) is 0 Å². The summed E-state index contributed by atoms with van der Waals surface area (Å²) in [7, 11) is 1.67. The van der Waals surface area contributed by atoms with Gasteiger partial charge in [-0.25, -0.2) is 0 Å². The molecule has 0 spiro atoms. The van der Waals surface area contributed by atoms with Crippen LogP contribution in [0.25, 0.3) is 0 Å². The van der Waals surface area contributed by atoms with Gasteiger partial charge in [-0.2, -0.15) is 0 Å². The number of aryl methyl sites for hydroxylation is 1. The van der Waals surface area contributed by atoms with Crippen LogP contribution >= 0.6 is 11.3 Å². The lowest BCUT2D eigenvalue weighted by Crippen LogP contribution is -2.25. The molecule has 1 atom stereocenters. The third-order valence-electron chi connectivity index (χ3n) is 2.33. The van der Waals surface area contributed by atoms with Crippen LogP contribution in [0.15, 0.2) is 12.1 Å². The number of thiophene rings is 1. The predicted molar refractivity (Wildman–Crippen MR) is 59.7 cm³/mol. The molecule has 14 heavy (non-hydrogen) atoms. The first-order valence-electron chi connectivity index (χ1n) is 4.74. The van der Waals surface area contributed by atoms with E-state index >= 15 is 0 Å². The summed E-state index contributed by atoms with van der Waals surface area (Å²) < 4.78 is 5.28. The van der Waals surface area contributed by atoms with Crippen molar-refractivity contribution in [1.82, 2.24) is 0 Å². The number of hydrogen-bond acceptors (Lipinski definition) is 3. The van der Waals surface area contributed by atoms with Gasteiger partial charge in [-0.15, -0.1) is 11.3 Å². The van der Waals surface area contributed by atoms with E-state index in [-0.39, 0.29) is 5.60 Å². The molecule has 0 aromatic carbocycles. The minimum Gasteiger partial charge on any atom is -0.387 e. The van der Waals surface area contributed by atoms with Gasteiger partial charge in [0.25, 0.3) is 0 Å². The maximum absolute atomic E-state index is 9.93. The van der Waals surface area contributed by atoms with E-state index in [0.29, 0.717) is 6.42 Å². The van der Waals surface area contributed by atoms with Crippen molar-refractivity contribution in [2.45, 2.75) is 38.9 Å². The van der Waals surface area contributed by atoms with E-state index in [1.54, 1.807) is 18.4 Å². The zero-order valence-corrected chi connectivity index (χ0v) is 10.0. The van der Waals surface area contributed by atoms with E-state index in [0.717, 1.165) is 4.88 Å². The van der Waals surface area contributed by atoms with Crippen molar-refractivity contribution in [2.75, 3.05) is 7.11 Å². The Kier molecular flexibility index (Phi) is 3.70. The zero-order valence-electron chi connectivity index (χ0n) is 9.20. The third-order valence-corrected chi connectivity index (χ3v) is 3.43. The van der Waals surface area contributed by atoms with Crippen LogP contribution in [0.4, 0.5) is 0 Å². The second kappa shape index (κ2) is 4.43. The minimum atomic E-state index is -0.413. The molecule has 0 saturated heterocycles. The van der Waals surface area contributed by atoms with Crippen LogP contribution in [-0.2, 0) is 4.74 Å². The van der Waals surface area contributed by atoms with Crippen LogP contribution < -0.4 is 0 Å². The van der Waals surface area contributed by atoms with Crippen molar-refractivity contribution < 1.29 is 9.84 Å². The SMILES string of the molecule is COC(C)(C)CC(O)c1ccc(C)s1. The molecule has 1 unspecified atom stereocenters. The number of rotatable bonds is 4. The molecule has 2 nitrogen and oxygen atoms in total. The van der Waals surface area contributed by atoms with E-state index in [2.05, 4.69) is 0 Å². The summed E-state index contributed by atoms with van der Waals surface area (Å²) >= 11 is 1.64. The topological polar surface area (TPSA) is 29.5 Å². The summed E-state index contributed by atoms with van der Waals surface area (Å²) in [5.41, 5.74) is -0.267. The molecular formula is C11H18O2S. The first-order valence-corrected chi connectivity index (χ1v) is 5.56. The quantitative estimate of drug-likeness (QED) is 0.835. The fourth-order valence-electron chi connectivity index (χ4n) is 1.28. The standard InChI is InChI=1S/C11H18O2S/c1-8-5-6-10(14-8)9(12)7-11(2,3)13-4/h5-6,9,12H,7H2,1-4H3. The second-order valence-corrected chi connectivity index (χ2v) is 5.45. The predicted octanol–water partition coefficient (Wildman–Crippen LogP) is 2.91. The lowest BCUT2D eigenvalue weighted by Gasteiger charge is -2.25. The molecule has 1 heterocycles. The van der Waals surface area contributed by atoms with Gasteiger partial charge >= 0.3 is 0 Å². The molecule has 0 aliphatic rings. The van der Waals surface area contributed by atoms with Gasteiger partial charge in [-0.05, 0) is 32.9 Å². The minimum absolute atomic E-state index is 0.267. The van der Waals surface area contributed by atoms with Crippen molar-refractivity contribution in [3.63, 3.8) is 0 Å². The van der Waals surface area contributed by atoms with Gasteiger partial charge in [-0.1, -0.05) is 0 Å². The number of ether oxygens (including phenoxy) is 1. The summed E-state index contributed by atoms with van der Waals surface area (Å²) in [4.78, 5) is 2.25. The summed E-state index contributed by atoms with van der Waals surface area (Å²) in [6.07, 6.45) is 0.215. The van der Waals surface area contributed by atoms with Crippen LogP contribution in [-0.4, -0.2) is 17.8 Å². The van der Waals surface area contributed by atoms with Gasteiger partial charge in [0, 0.05) is 23.3 Å². The molecule has 0 aliphatic carbocycles. The Hall–Kier alpha value is -0.380. The number of aliphatic hydroxyl groups is 1. The molecule has 0 bridgehead atoms. The van der Waals surface area contributed by atoms with Gasteiger partial charge in [-0.3, -0.25) is 0 Å². The average molecular weight is 214 g/mol. The molecule has 1 rings (SSSR count). The Morgan fingerprint density at radius 3 is 2.57 bits per heavy atom. The molecule has 80 valence electrons. The zero-order chi connectivity index (χ0) is 10.8. The Morgan fingerprint density at radius 2 is 2.14 bits per heavy atom. The fraction of sp³-hybridized carbons (Fsp3) is 0.636. The lowest BCUT2D eigenvalue weighted by atomic mass is 10.00. The molecule has 0 fully saturated rings. The van der Waals surface area contributed by atoms with Crippen LogP contribution in [0.5, 0.6) is 0 Å². The monoisotopic (exact) mass is 214 g/mol. The Balaban J connectivity index is 2.63. The van der Waals surface area contributed by atoms with E-state index in [1.165, 1.54) is 4.88 Å². The third kappa shape index (κ3) is 3.08. The molecule has 1 aromatic heterocycles. The van der Waals surface area contributed by atoms with Gasteiger partial charge < -0.3 is 9.84 Å². The van der Waals surface area contributed by atoms with E-state index in [4.69, 9.17) is 4.74 Å². The fourth-order valence-corrected chi connectivity index (χ4v) is 2.15. The van der Waals surface area contributed by atoms with Crippen molar-refractivity contribution >= 4 is 11.3 Å². The van der Waals surface area contributed by atoms with Crippen LogP contribution in [0.1, 0.15) is 36.1 Å². The number of aliphatic hydroxyl groups excluding tert-OH is 1. The second-order valence-electron chi connectivity index (χ2n) is 4.13. The van der Waals surface area contributed by atoms with Gasteiger partial charge in [0.05, 0.1) is 11.7 Å². The van der Waals surface area contributed by atoms with Crippen LogP contribution in [0, 0.1) is 6.92 Å². The summed E-state index contributed by atoms with van der Waals surface area (Å²) in [6, 6.07) is 4.01. The molecule has 3 heteroatoms. The molecule has 1 aromatic rings. The molecule has 0 saturated carbocycles. The van der Waals surface area contributed by atoms with E-state index in [9.17, 15) is 5.11 Å². The maximum Gasteiger partial charge on any atom is 0.0909 e. The van der Waals surface area contributed by atoms with Crippen LogP contribution in [0.2, 0.25) is 0 Å². The lowest BCUT2D eigenvalue weighted by molar-refractivity contribution is -0.0193. The average Bonchev–Trinajstić information content (AvgIpc) is 2.51. The number of methoxy groups -OCH3 is 1. The molecular weight excluding hydrogens is 196 g/mol. The summed E-state index contributed by atoms with van der Waals surface area (Å²) in [5, 5.41) is 9.93. The first-order chi connectivity index (χ1) is 6.44. The summed E-state index contributed by atoms with van der Waals surface area (Å²) in [6.45, 7) is 6.01. The Labute approximate surface area is 89.5 Å². The largest absolute Gasteiger partial charge is 0.387 e. The highest BCUT2D eigenvalue weighted by Gasteiger charge is 2.23. The molecule has 0 aliphatic heterocycles. The number of hydrogen-bond donors (Lipinski definition) is 1. The van der Waals surface area contributed by atoms with Crippen molar-refractivity contribution in [3.8, 4) is 0 Å². The first kappa shape index (κ1) is 11.7. The molecule has 1 N–H and O–H groups in total. The smallest absolute Gasteiger partial charge is 0.0909 e. The van der Waals surface area contributed by atoms with Crippen molar-refractivity contribution in [1.29, 1.82) is 0 Å². The van der Waals surface area contributed by atoms with E-state index in [1.807, 2.05) is 32.9 Å². The van der Waals surface area contributed by atoms with Crippen molar-refractivity contribution in [2.24, 2.45) is 0 Å². The Morgan fingerprint density at radius 1 is 1.50 bits per heavy atom. The Bertz CT molecular complexity index is 291. The summed E-state index contributed by atoms with van der Waals surface area (Å²) in [5.74, 6) is 0. The van der Waals surface area contributed by atoms with Crippen molar-refractivity contribution in [3.05, 3.63) is 21.9 Å². The van der Waals surface area contributed by atoms with E-state index < -0.39 is 6.10 Å². The normalized spacial score (nSPS) is 14.4. The highest BCUT2D eigenvalue weighted by atomic mass is 32.1. The van der Waals surface area contributed by atoms with Crippen LogP contribution in [0.3, 0.4) is 0 Å². The van der Waals surface area contributed by atoms with Gasteiger partial charge in [0.2, 0.25) is 0 Å². The maximum atomic E-state index is 9.93.